The van der Waals surface area contributed by atoms with Gasteiger partial charge in [0.15, 0.2) is 0 Å². The minimum atomic E-state index is -1.60. The molecular weight excluding hydrogens is 232 g/mol. The van der Waals surface area contributed by atoms with E-state index >= 15 is 0 Å². The predicted molar refractivity (Wildman–Crippen MR) is 65.6 cm³/mol. The normalized spacial score (nSPS) is 21.1. The van der Waals surface area contributed by atoms with Crippen molar-refractivity contribution in [2.24, 2.45) is 0 Å². The Hall–Kier alpha value is -2.10. The first-order chi connectivity index (χ1) is 8.65. The summed E-state index contributed by atoms with van der Waals surface area (Å²) in [6, 6.07) is 6.79. The van der Waals surface area contributed by atoms with E-state index in [2.05, 4.69) is 6.58 Å². The van der Waals surface area contributed by atoms with E-state index in [1.165, 1.54) is 6.08 Å². The lowest BCUT2D eigenvalue weighted by atomic mass is 9.92. The number of fused-ring (bicyclic) bond motifs is 1. The number of para-hydroxylation sites is 1. The number of rotatable bonds is 4. The lowest BCUT2D eigenvalue weighted by molar-refractivity contribution is -0.156. The molecule has 0 amide bonds. The van der Waals surface area contributed by atoms with E-state index in [0.29, 0.717) is 11.3 Å². The predicted octanol–water partition coefficient (Wildman–Crippen LogP) is 2.14. The number of Topliss-reactive ketones (excluding diaryl/α,β-unsaturated/α-hetero) is 1. The summed E-state index contributed by atoms with van der Waals surface area (Å²) >= 11 is 0. The molecule has 0 N–H and O–H groups in total. The minimum Gasteiger partial charge on any atom is -0.466 e. The highest BCUT2D eigenvalue weighted by molar-refractivity contribution is 6.19. The van der Waals surface area contributed by atoms with Crippen LogP contribution in [-0.2, 0) is 9.53 Å². The molecule has 0 spiro atoms. The monoisotopic (exact) mass is 246 g/mol. The van der Waals surface area contributed by atoms with Gasteiger partial charge in [-0.25, -0.2) is 4.79 Å². The molecular formula is C14H14O4. The van der Waals surface area contributed by atoms with Crippen molar-refractivity contribution in [3.63, 3.8) is 0 Å². The molecule has 0 radical (unpaired) electrons. The molecule has 1 unspecified atom stereocenters. The molecule has 94 valence electrons. The molecule has 1 atom stereocenters. The molecule has 0 fully saturated rings. The number of carbonyl (C=O) groups is 2. The molecule has 1 aromatic carbocycles. The molecule has 1 aromatic rings. The summed E-state index contributed by atoms with van der Waals surface area (Å²) in [5.74, 6) is -0.611. The number of carbonyl (C=O) groups excluding carboxylic acids is 2. The highest BCUT2D eigenvalue weighted by Crippen LogP contribution is 2.37. The Labute approximate surface area is 105 Å². The quantitative estimate of drug-likeness (QED) is 0.464. The molecule has 0 aromatic heterocycles. The van der Waals surface area contributed by atoms with Gasteiger partial charge in [-0.05, 0) is 19.1 Å². The first kappa shape index (κ1) is 12.4. The van der Waals surface area contributed by atoms with Crippen LogP contribution in [-0.4, -0.2) is 24.0 Å². The van der Waals surface area contributed by atoms with E-state index in [0.717, 1.165) is 0 Å². The van der Waals surface area contributed by atoms with E-state index in [1.54, 1.807) is 31.2 Å². The molecule has 0 saturated carbocycles. The minimum absolute atomic E-state index is 0.0966. The van der Waals surface area contributed by atoms with Crippen LogP contribution in [0.3, 0.4) is 0 Å². The molecule has 0 aliphatic carbocycles. The van der Waals surface area contributed by atoms with Gasteiger partial charge in [0.25, 0.3) is 5.60 Å². The second-order valence-electron chi connectivity index (χ2n) is 3.97. The lowest BCUT2D eigenvalue weighted by Gasteiger charge is -2.23. The average molecular weight is 246 g/mol. The van der Waals surface area contributed by atoms with E-state index in [1.807, 2.05) is 0 Å². The van der Waals surface area contributed by atoms with Gasteiger partial charge in [0, 0.05) is 6.42 Å². The fourth-order valence-corrected chi connectivity index (χ4v) is 2.00. The smallest absolute Gasteiger partial charge is 0.359 e. The van der Waals surface area contributed by atoms with Gasteiger partial charge >= 0.3 is 5.97 Å². The molecule has 0 bridgehead atoms. The summed E-state index contributed by atoms with van der Waals surface area (Å²) in [6.45, 7) is 5.45. The zero-order chi connectivity index (χ0) is 13.2. The van der Waals surface area contributed by atoms with Crippen LogP contribution in [0.2, 0.25) is 0 Å². The highest BCUT2D eigenvalue weighted by Gasteiger charge is 2.54. The largest absolute Gasteiger partial charge is 0.466 e. The summed E-state index contributed by atoms with van der Waals surface area (Å²) in [5.41, 5.74) is -1.19. The maximum atomic E-state index is 12.4. The Morgan fingerprint density at radius 1 is 1.50 bits per heavy atom. The first-order valence-electron chi connectivity index (χ1n) is 5.76. The number of ketones is 1. The van der Waals surface area contributed by atoms with E-state index < -0.39 is 11.6 Å². The second-order valence-corrected chi connectivity index (χ2v) is 3.97. The highest BCUT2D eigenvalue weighted by atomic mass is 16.6. The maximum Gasteiger partial charge on any atom is 0.359 e. The molecule has 4 heteroatoms. The Morgan fingerprint density at radius 2 is 2.22 bits per heavy atom. The van der Waals surface area contributed by atoms with Gasteiger partial charge < -0.3 is 9.47 Å². The number of esters is 1. The van der Waals surface area contributed by atoms with Crippen molar-refractivity contribution >= 4 is 11.8 Å². The summed E-state index contributed by atoms with van der Waals surface area (Å²) in [7, 11) is 0. The van der Waals surface area contributed by atoms with Crippen LogP contribution in [0, 0.1) is 0 Å². The van der Waals surface area contributed by atoms with E-state index in [-0.39, 0.29) is 18.8 Å². The number of hydrogen-bond acceptors (Lipinski definition) is 4. The van der Waals surface area contributed by atoms with Gasteiger partial charge in [0.2, 0.25) is 5.78 Å². The van der Waals surface area contributed by atoms with Gasteiger partial charge in [0.05, 0.1) is 12.2 Å². The van der Waals surface area contributed by atoms with Gasteiger partial charge in [-0.2, -0.15) is 0 Å². The van der Waals surface area contributed by atoms with Crippen LogP contribution in [0.1, 0.15) is 23.7 Å². The average Bonchev–Trinajstić information content (AvgIpc) is 2.65. The van der Waals surface area contributed by atoms with E-state index in [4.69, 9.17) is 9.47 Å². The topological polar surface area (TPSA) is 52.6 Å². The molecule has 1 aliphatic rings. The summed E-state index contributed by atoms with van der Waals surface area (Å²) in [6.07, 6.45) is 1.58. The molecule has 2 rings (SSSR count). The third-order valence-corrected chi connectivity index (χ3v) is 2.82. The fraction of sp³-hybridized carbons (Fsp3) is 0.286. The van der Waals surface area contributed by atoms with Crippen LogP contribution in [0.15, 0.2) is 36.9 Å². The zero-order valence-corrected chi connectivity index (χ0v) is 10.1. The van der Waals surface area contributed by atoms with Crippen molar-refractivity contribution in [3.05, 3.63) is 42.5 Å². The number of hydrogen-bond donors (Lipinski definition) is 0. The van der Waals surface area contributed by atoms with Crippen LogP contribution < -0.4 is 4.74 Å². The number of benzene rings is 1. The third-order valence-electron chi connectivity index (χ3n) is 2.82. The lowest BCUT2D eigenvalue weighted by Crippen LogP contribution is -2.49. The van der Waals surface area contributed by atoms with Gasteiger partial charge in [0.1, 0.15) is 5.75 Å². The summed E-state index contributed by atoms with van der Waals surface area (Å²) in [5, 5.41) is 0. The SMILES string of the molecule is C=CCC1(C(=O)OCC)Oc2ccccc2C1=O. The molecule has 0 saturated heterocycles. The molecule has 1 aliphatic heterocycles. The van der Waals surface area contributed by atoms with Crippen molar-refractivity contribution in [1.29, 1.82) is 0 Å². The van der Waals surface area contributed by atoms with Gasteiger partial charge in [-0.1, -0.05) is 18.2 Å². The van der Waals surface area contributed by atoms with Crippen LogP contribution in [0.25, 0.3) is 0 Å². The van der Waals surface area contributed by atoms with Crippen LogP contribution in [0.5, 0.6) is 5.75 Å². The van der Waals surface area contributed by atoms with Crippen molar-refractivity contribution in [3.8, 4) is 5.75 Å². The first-order valence-corrected chi connectivity index (χ1v) is 5.76. The number of ether oxygens (including phenoxy) is 2. The molecule has 4 nitrogen and oxygen atoms in total. The zero-order valence-electron chi connectivity index (χ0n) is 10.1. The van der Waals surface area contributed by atoms with E-state index in [9.17, 15) is 9.59 Å². The van der Waals surface area contributed by atoms with Crippen molar-refractivity contribution < 1.29 is 19.1 Å². The molecule has 18 heavy (non-hydrogen) atoms. The standard InChI is InChI=1S/C14H14O4/c1-3-9-14(13(16)17-4-2)12(15)10-7-5-6-8-11(10)18-14/h3,5-8H,1,4,9H2,2H3. The Bertz CT molecular complexity index is 506. The van der Waals surface area contributed by atoms with Crippen molar-refractivity contribution in [2.75, 3.05) is 6.61 Å². The fourth-order valence-electron chi connectivity index (χ4n) is 2.00. The van der Waals surface area contributed by atoms with Gasteiger partial charge in [-0.15, -0.1) is 6.58 Å². The van der Waals surface area contributed by atoms with Crippen molar-refractivity contribution in [2.45, 2.75) is 18.9 Å². The Balaban J connectivity index is 2.44. The Kier molecular flexibility index (Phi) is 3.19. The van der Waals surface area contributed by atoms with Crippen LogP contribution in [0.4, 0.5) is 0 Å². The van der Waals surface area contributed by atoms with Crippen LogP contribution >= 0.6 is 0 Å². The summed E-state index contributed by atoms with van der Waals surface area (Å²) < 4.78 is 10.5. The van der Waals surface area contributed by atoms with Gasteiger partial charge in [-0.3, -0.25) is 4.79 Å². The summed E-state index contributed by atoms with van der Waals surface area (Å²) in [4.78, 5) is 24.4. The molecule has 1 heterocycles. The third kappa shape index (κ3) is 1.70. The second kappa shape index (κ2) is 4.64. The van der Waals surface area contributed by atoms with Crippen molar-refractivity contribution in [1.82, 2.24) is 0 Å². The Morgan fingerprint density at radius 3 is 2.83 bits per heavy atom. The maximum absolute atomic E-state index is 12.4.